The number of aryl methyl sites for hydroxylation is 1. The van der Waals surface area contributed by atoms with Gasteiger partial charge in [0.25, 0.3) is 5.91 Å². The van der Waals surface area contributed by atoms with Crippen molar-refractivity contribution >= 4 is 23.3 Å². The van der Waals surface area contributed by atoms with Crippen molar-refractivity contribution in [3.05, 3.63) is 54.1 Å². The normalized spacial score (nSPS) is 15.2. The van der Waals surface area contributed by atoms with Crippen LogP contribution in [0, 0.1) is 6.92 Å². The van der Waals surface area contributed by atoms with Gasteiger partial charge in [0.15, 0.2) is 6.10 Å². The number of carbonyl (C=O) groups is 2. The van der Waals surface area contributed by atoms with Gasteiger partial charge in [0.2, 0.25) is 0 Å². The molecule has 0 radical (unpaired) electrons. The van der Waals surface area contributed by atoms with Crippen molar-refractivity contribution < 1.29 is 14.3 Å². The summed E-state index contributed by atoms with van der Waals surface area (Å²) in [7, 11) is 0. The van der Waals surface area contributed by atoms with E-state index in [1.807, 2.05) is 36.1 Å². The Morgan fingerprint density at radius 1 is 0.931 bits per heavy atom. The minimum Gasteiger partial charge on any atom is -0.481 e. The predicted octanol–water partition coefficient (Wildman–Crippen LogP) is 4.81. The third-order valence-corrected chi connectivity index (χ3v) is 4.97. The lowest BCUT2D eigenvalue weighted by atomic mass is 10.2. The Hall–Kier alpha value is -3.02. The molecule has 1 heterocycles. The summed E-state index contributed by atoms with van der Waals surface area (Å²) < 4.78 is 5.71. The summed E-state index contributed by atoms with van der Waals surface area (Å²) in [5.41, 5.74) is 2.44. The largest absolute Gasteiger partial charge is 0.481 e. The Balaban J connectivity index is 1.51. The van der Waals surface area contributed by atoms with Crippen LogP contribution in [0.25, 0.3) is 0 Å². The van der Waals surface area contributed by atoms with Crippen LogP contribution in [0.2, 0.25) is 0 Å². The SMILES string of the molecule is Cc1cccc(OC(C)C(=O)Nc2ccc(NC(=O)N3CCCCCC3)cc2)c1. The molecular formula is C23H29N3O3. The summed E-state index contributed by atoms with van der Waals surface area (Å²) >= 11 is 0. The molecule has 0 bridgehead atoms. The van der Waals surface area contributed by atoms with Crippen molar-refractivity contribution in [1.29, 1.82) is 0 Å². The van der Waals surface area contributed by atoms with E-state index in [2.05, 4.69) is 10.6 Å². The number of hydrogen-bond donors (Lipinski definition) is 2. The number of amides is 3. The Morgan fingerprint density at radius 2 is 1.55 bits per heavy atom. The maximum Gasteiger partial charge on any atom is 0.321 e. The van der Waals surface area contributed by atoms with Crippen LogP contribution in [0.15, 0.2) is 48.5 Å². The predicted molar refractivity (Wildman–Crippen MR) is 115 cm³/mol. The van der Waals surface area contributed by atoms with Gasteiger partial charge in [0.05, 0.1) is 0 Å². The summed E-state index contributed by atoms with van der Waals surface area (Å²) in [4.78, 5) is 26.7. The summed E-state index contributed by atoms with van der Waals surface area (Å²) in [6, 6.07) is 14.7. The van der Waals surface area contributed by atoms with Gasteiger partial charge in [-0.1, -0.05) is 25.0 Å². The molecule has 2 aromatic rings. The van der Waals surface area contributed by atoms with Gasteiger partial charge >= 0.3 is 6.03 Å². The van der Waals surface area contributed by atoms with Crippen LogP contribution < -0.4 is 15.4 Å². The molecule has 154 valence electrons. The van der Waals surface area contributed by atoms with E-state index in [4.69, 9.17) is 4.74 Å². The van der Waals surface area contributed by atoms with E-state index in [0.29, 0.717) is 17.1 Å². The molecule has 1 atom stereocenters. The fourth-order valence-corrected chi connectivity index (χ4v) is 3.30. The summed E-state index contributed by atoms with van der Waals surface area (Å²) in [6.45, 7) is 5.30. The van der Waals surface area contributed by atoms with Crippen molar-refractivity contribution in [2.24, 2.45) is 0 Å². The van der Waals surface area contributed by atoms with E-state index in [1.54, 1.807) is 31.2 Å². The molecule has 2 aromatic carbocycles. The Kier molecular flexibility index (Phi) is 7.11. The molecule has 0 spiro atoms. The van der Waals surface area contributed by atoms with Gasteiger partial charge in [-0.2, -0.15) is 0 Å². The molecule has 1 aliphatic heterocycles. The molecule has 1 aliphatic rings. The number of nitrogens with zero attached hydrogens (tertiary/aromatic N) is 1. The zero-order chi connectivity index (χ0) is 20.6. The van der Waals surface area contributed by atoms with Crippen molar-refractivity contribution in [2.75, 3.05) is 23.7 Å². The van der Waals surface area contributed by atoms with Crippen LogP contribution in [0.4, 0.5) is 16.2 Å². The average molecular weight is 396 g/mol. The first-order valence-corrected chi connectivity index (χ1v) is 10.2. The molecule has 1 saturated heterocycles. The van der Waals surface area contributed by atoms with Crippen LogP contribution in [0.5, 0.6) is 5.75 Å². The van der Waals surface area contributed by atoms with Gasteiger partial charge < -0.3 is 20.3 Å². The number of ether oxygens (including phenoxy) is 1. The van der Waals surface area contributed by atoms with E-state index in [1.165, 1.54) is 12.8 Å². The van der Waals surface area contributed by atoms with Gasteiger partial charge in [-0.05, 0) is 68.7 Å². The lowest BCUT2D eigenvalue weighted by Crippen LogP contribution is -2.35. The number of benzene rings is 2. The highest BCUT2D eigenvalue weighted by atomic mass is 16.5. The second kappa shape index (κ2) is 9.96. The number of rotatable bonds is 5. The standard InChI is InChI=1S/C23H29N3O3/c1-17-8-7-9-21(16-17)29-18(2)22(27)24-19-10-12-20(13-11-19)25-23(28)26-14-5-3-4-6-15-26/h7-13,16,18H,3-6,14-15H2,1-2H3,(H,24,27)(H,25,28). The van der Waals surface area contributed by atoms with Crippen molar-refractivity contribution in [2.45, 2.75) is 45.6 Å². The van der Waals surface area contributed by atoms with Gasteiger partial charge in [-0.25, -0.2) is 4.79 Å². The number of nitrogens with one attached hydrogen (secondary N) is 2. The van der Waals surface area contributed by atoms with Crippen LogP contribution in [-0.4, -0.2) is 36.0 Å². The van der Waals surface area contributed by atoms with E-state index < -0.39 is 6.10 Å². The lowest BCUT2D eigenvalue weighted by Gasteiger charge is -2.21. The van der Waals surface area contributed by atoms with Crippen molar-refractivity contribution in [1.82, 2.24) is 4.90 Å². The molecule has 6 nitrogen and oxygen atoms in total. The van der Waals surface area contributed by atoms with Crippen LogP contribution in [-0.2, 0) is 4.79 Å². The fourth-order valence-electron chi connectivity index (χ4n) is 3.30. The molecule has 2 N–H and O–H groups in total. The number of hydrogen-bond acceptors (Lipinski definition) is 3. The highest BCUT2D eigenvalue weighted by Gasteiger charge is 2.17. The van der Waals surface area contributed by atoms with E-state index in [0.717, 1.165) is 31.5 Å². The molecule has 3 rings (SSSR count). The number of likely N-dealkylation sites (tertiary alicyclic amines) is 1. The first-order valence-electron chi connectivity index (χ1n) is 10.2. The number of carbonyl (C=O) groups excluding carboxylic acids is 2. The Morgan fingerprint density at radius 3 is 2.17 bits per heavy atom. The van der Waals surface area contributed by atoms with Gasteiger partial charge in [-0.3, -0.25) is 4.79 Å². The molecule has 0 aliphatic carbocycles. The van der Waals surface area contributed by atoms with Crippen LogP contribution >= 0.6 is 0 Å². The number of urea groups is 1. The summed E-state index contributed by atoms with van der Waals surface area (Å²) in [6.07, 6.45) is 3.86. The van der Waals surface area contributed by atoms with Gasteiger partial charge in [-0.15, -0.1) is 0 Å². The highest BCUT2D eigenvalue weighted by molar-refractivity contribution is 5.95. The maximum atomic E-state index is 12.4. The third kappa shape index (κ3) is 6.24. The van der Waals surface area contributed by atoms with E-state index >= 15 is 0 Å². The first kappa shape index (κ1) is 20.7. The van der Waals surface area contributed by atoms with Crippen LogP contribution in [0.3, 0.4) is 0 Å². The molecule has 29 heavy (non-hydrogen) atoms. The smallest absolute Gasteiger partial charge is 0.321 e. The monoisotopic (exact) mass is 395 g/mol. The number of anilines is 2. The minimum atomic E-state index is -0.626. The zero-order valence-corrected chi connectivity index (χ0v) is 17.1. The van der Waals surface area contributed by atoms with Crippen LogP contribution in [0.1, 0.15) is 38.2 Å². The van der Waals surface area contributed by atoms with Crippen molar-refractivity contribution in [3.63, 3.8) is 0 Å². The molecule has 6 heteroatoms. The molecule has 0 aromatic heterocycles. The molecule has 3 amide bonds. The van der Waals surface area contributed by atoms with Gasteiger partial charge in [0, 0.05) is 24.5 Å². The second-order valence-electron chi connectivity index (χ2n) is 7.47. The molecule has 1 unspecified atom stereocenters. The topological polar surface area (TPSA) is 70.7 Å². The molecule has 1 fully saturated rings. The molecular weight excluding hydrogens is 366 g/mol. The minimum absolute atomic E-state index is 0.0659. The second-order valence-corrected chi connectivity index (χ2v) is 7.47. The zero-order valence-electron chi connectivity index (χ0n) is 17.1. The fraction of sp³-hybridized carbons (Fsp3) is 0.391. The van der Waals surface area contributed by atoms with E-state index in [-0.39, 0.29) is 11.9 Å². The van der Waals surface area contributed by atoms with E-state index in [9.17, 15) is 9.59 Å². The average Bonchev–Trinajstić information content (AvgIpc) is 2.99. The van der Waals surface area contributed by atoms with Crippen molar-refractivity contribution in [3.8, 4) is 5.75 Å². The summed E-state index contributed by atoms with van der Waals surface area (Å²) in [5.74, 6) is 0.437. The Bertz CT molecular complexity index is 828. The molecule has 0 saturated carbocycles. The quantitative estimate of drug-likeness (QED) is 0.763. The van der Waals surface area contributed by atoms with Gasteiger partial charge in [0.1, 0.15) is 5.75 Å². The third-order valence-electron chi connectivity index (χ3n) is 4.97. The lowest BCUT2D eigenvalue weighted by molar-refractivity contribution is -0.122. The Labute approximate surface area is 172 Å². The maximum absolute atomic E-state index is 12.4. The summed E-state index contributed by atoms with van der Waals surface area (Å²) in [5, 5.41) is 5.77. The first-order chi connectivity index (χ1) is 14.0. The highest BCUT2D eigenvalue weighted by Crippen LogP contribution is 2.18.